The van der Waals surface area contributed by atoms with Gasteiger partial charge >= 0.3 is 0 Å². The summed E-state index contributed by atoms with van der Waals surface area (Å²) in [6, 6.07) is 3.91. The van der Waals surface area contributed by atoms with E-state index in [1.807, 2.05) is 19.1 Å². The van der Waals surface area contributed by atoms with Crippen molar-refractivity contribution in [2.75, 3.05) is 6.54 Å². The number of thiophene rings is 1. The van der Waals surface area contributed by atoms with E-state index < -0.39 is 0 Å². The first kappa shape index (κ1) is 15.2. The Morgan fingerprint density at radius 1 is 1.50 bits per heavy atom. The second kappa shape index (κ2) is 6.34. The summed E-state index contributed by atoms with van der Waals surface area (Å²) in [5, 5.41) is 3.07. The smallest absolute Gasteiger partial charge is 0.261 e. The summed E-state index contributed by atoms with van der Waals surface area (Å²) in [5.74, 6) is 0.502. The topological polar surface area (TPSA) is 55.1 Å². The number of carbonyl (C=O) groups is 1. The van der Waals surface area contributed by atoms with Crippen LogP contribution < -0.4 is 11.1 Å². The lowest BCUT2D eigenvalue weighted by Crippen LogP contribution is -2.52. The van der Waals surface area contributed by atoms with Crippen LogP contribution in [0.5, 0.6) is 0 Å². The Bertz CT molecular complexity index is 400. The first-order chi connectivity index (χ1) is 8.40. The molecule has 4 heteroatoms. The Hall–Kier alpha value is -0.870. The van der Waals surface area contributed by atoms with E-state index in [9.17, 15) is 4.79 Å². The van der Waals surface area contributed by atoms with Gasteiger partial charge in [0.25, 0.3) is 5.91 Å². The number of aryl methyl sites for hydroxylation is 1. The average molecular weight is 268 g/mol. The summed E-state index contributed by atoms with van der Waals surface area (Å²) < 4.78 is 0. The van der Waals surface area contributed by atoms with E-state index in [0.717, 1.165) is 17.7 Å². The third-order valence-electron chi connectivity index (χ3n) is 2.96. The standard InChI is InChI=1S/C14H24N2OS/c1-5-11-6-7-12(18-11)13(17)16-14(4,9-15)8-10(2)3/h6-7,10H,5,8-9,15H2,1-4H3,(H,16,17). The molecule has 18 heavy (non-hydrogen) atoms. The Morgan fingerprint density at radius 2 is 2.17 bits per heavy atom. The van der Waals surface area contributed by atoms with Crippen LogP contribution in [0.1, 0.15) is 48.7 Å². The van der Waals surface area contributed by atoms with Crippen LogP contribution in [-0.2, 0) is 6.42 Å². The van der Waals surface area contributed by atoms with Crippen molar-refractivity contribution in [3.05, 3.63) is 21.9 Å². The molecule has 1 unspecified atom stereocenters. The van der Waals surface area contributed by atoms with Crippen molar-refractivity contribution in [3.8, 4) is 0 Å². The molecule has 0 bridgehead atoms. The summed E-state index contributed by atoms with van der Waals surface area (Å²) in [7, 11) is 0. The molecule has 0 aliphatic heterocycles. The Labute approximate surface area is 114 Å². The number of carbonyl (C=O) groups excluding carboxylic acids is 1. The van der Waals surface area contributed by atoms with Gasteiger partial charge < -0.3 is 11.1 Å². The van der Waals surface area contributed by atoms with Gasteiger partial charge in [-0.3, -0.25) is 4.79 Å². The van der Waals surface area contributed by atoms with Crippen LogP contribution in [0, 0.1) is 5.92 Å². The number of nitrogens with one attached hydrogen (secondary N) is 1. The molecule has 3 nitrogen and oxygen atoms in total. The Kier molecular flexibility index (Phi) is 5.35. The minimum Gasteiger partial charge on any atom is -0.345 e. The zero-order valence-corrected chi connectivity index (χ0v) is 12.6. The molecule has 102 valence electrons. The van der Waals surface area contributed by atoms with Crippen LogP contribution >= 0.6 is 11.3 Å². The van der Waals surface area contributed by atoms with Crippen molar-refractivity contribution in [2.45, 2.75) is 46.1 Å². The maximum absolute atomic E-state index is 12.2. The molecule has 0 aromatic carbocycles. The van der Waals surface area contributed by atoms with E-state index in [1.165, 1.54) is 4.88 Å². The summed E-state index contributed by atoms with van der Waals surface area (Å²) in [6.45, 7) is 8.85. The Morgan fingerprint density at radius 3 is 2.61 bits per heavy atom. The second-order valence-corrected chi connectivity index (χ2v) is 6.60. The van der Waals surface area contributed by atoms with Gasteiger partial charge in [-0.2, -0.15) is 0 Å². The number of amides is 1. The fourth-order valence-corrected chi connectivity index (χ4v) is 2.95. The molecular formula is C14H24N2OS. The number of hydrogen-bond acceptors (Lipinski definition) is 3. The first-order valence-corrected chi connectivity index (χ1v) is 7.33. The second-order valence-electron chi connectivity index (χ2n) is 5.44. The fourth-order valence-electron chi connectivity index (χ4n) is 2.11. The molecule has 0 radical (unpaired) electrons. The molecule has 3 N–H and O–H groups in total. The zero-order valence-electron chi connectivity index (χ0n) is 11.7. The van der Waals surface area contributed by atoms with Gasteiger partial charge in [0.15, 0.2) is 0 Å². The number of rotatable bonds is 6. The zero-order chi connectivity index (χ0) is 13.8. The van der Waals surface area contributed by atoms with Crippen LogP contribution in [0.3, 0.4) is 0 Å². The highest BCUT2D eigenvalue weighted by atomic mass is 32.1. The molecule has 0 fully saturated rings. The minimum absolute atomic E-state index is 0.00620. The number of nitrogens with two attached hydrogens (primary N) is 1. The van der Waals surface area contributed by atoms with Crippen LogP contribution in [-0.4, -0.2) is 18.0 Å². The molecule has 1 rings (SSSR count). The number of hydrogen-bond donors (Lipinski definition) is 2. The third-order valence-corrected chi connectivity index (χ3v) is 4.19. The van der Waals surface area contributed by atoms with Crippen molar-refractivity contribution < 1.29 is 4.79 Å². The molecular weight excluding hydrogens is 244 g/mol. The quantitative estimate of drug-likeness (QED) is 0.833. The van der Waals surface area contributed by atoms with E-state index in [4.69, 9.17) is 5.73 Å². The maximum atomic E-state index is 12.2. The van der Waals surface area contributed by atoms with Crippen molar-refractivity contribution in [2.24, 2.45) is 11.7 Å². The van der Waals surface area contributed by atoms with E-state index >= 15 is 0 Å². The Balaban J connectivity index is 2.72. The molecule has 0 saturated carbocycles. The molecule has 1 amide bonds. The first-order valence-electron chi connectivity index (χ1n) is 6.51. The lowest BCUT2D eigenvalue weighted by molar-refractivity contribution is 0.0902. The molecule has 0 aliphatic rings. The van der Waals surface area contributed by atoms with E-state index in [0.29, 0.717) is 12.5 Å². The summed E-state index contributed by atoms with van der Waals surface area (Å²) in [4.78, 5) is 14.2. The highest BCUT2D eigenvalue weighted by Crippen LogP contribution is 2.20. The SMILES string of the molecule is CCc1ccc(C(=O)NC(C)(CN)CC(C)C)s1. The van der Waals surface area contributed by atoms with Crippen molar-refractivity contribution in [3.63, 3.8) is 0 Å². The van der Waals surface area contributed by atoms with Gasteiger partial charge in [0.2, 0.25) is 0 Å². The van der Waals surface area contributed by atoms with Gasteiger partial charge in [-0.05, 0) is 37.8 Å². The largest absolute Gasteiger partial charge is 0.345 e. The molecule has 0 aliphatic carbocycles. The van der Waals surface area contributed by atoms with Gasteiger partial charge in [0, 0.05) is 11.4 Å². The summed E-state index contributed by atoms with van der Waals surface area (Å²) in [6.07, 6.45) is 1.86. The predicted octanol–water partition coefficient (Wildman–Crippen LogP) is 2.80. The highest BCUT2D eigenvalue weighted by Gasteiger charge is 2.26. The predicted molar refractivity (Wildman–Crippen MR) is 78.1 cm³/mol. The van der Waals surface area contributed by atoms with Gasteiger partial charge in [-0.15, -0.1) is 11.3 Å². The van der Waals surface area contributed by atoms with Gasteiger partial charge in [-0.1, -0.05) is 20.8 Å². The summed E-state index contributed by atoms with van der Waals surface area (Å²) in [5.41, 5.74) is 5.48. The lowest BCUT2D eigenvalue weighted by atomic mass is 9.90. The van der Waals surface area contributed by atoms with E-state index in [2.05, 4.69) is 26.1 Å². The van der Waals surface area contributed by atoms with Crippen LogP contribution in [0.2, 0.25) is 0 Å². The van der Waals surface area contributed by atoms with Crippen molar-refractivity contribution >= 4 is 17.2 Å². The van der Waals surface area contributed by atoms with E-state index in [1.54, 1.807) is 11.3 Å². The van der Waals surface area contributed by atoms with Crippen LogP contribution in [0.25, 0.3) is 0 Å². The van der Waals surface area contributed by atoms with Crippen LogP contribution in [0.15, 0.2) is 12.1 Å². The van der Waals surface area contributed by atoms with Gasteiger partial charge in [0.1, 0.15) is 0 Å². The van der Waals surface area contributed by atoms with Crippen LogP contribution in [0.4, 0.5) is 0 Å². The van der Waals surface area contributed by atoms with Gasteiger partial charge in [-0.25, -0.2) is 0 Å². The third kappa shape index (κ3) is 4.10. The fraction of sp³-hybridized carbons (Fsp3) is 0.643. The molecule has 0 saturated heterocycles. The normalized spacial score (nSPS) is 14.6. The highest BCUT2D eigenvalue weighted by molar-refractivity contribution is 7.14. The molecule has 1 aromatic heterocycles. The van der Waals surface area contributed by atoms with Crippen molar-refractivity contribution in [1.82, 2.24) is 5.32 Å². The average Bonchev–Trinajstić information content (AvgIpc) is 2.76. The lowest BCUT2D eigenvalue weighted by Gasteiger charge is -2.31. The summed E-state index contributed by atoms with van der Waals surface area (Å²) >= 11 is 1.56. The monoisotopic (exact) mass is 268 g/mol. The molecule has 1 heterocycles. The van der Waals surface area contributed by atoms with Crippen molar-refractivity contribution in [1.29, 1.82) is 0 Å². The van der Waals surface area contributed by atoms with Gasteiger partial charge in [0.05, 0.1) is 10.4 Å². The van der Waals surface area contributed by atoms with E-state index in [-0.39, 0.29) is 11.4 Å². The molecule has 0 spiro atoms. The maximum Gasteiger partial charge on any atom is 0.261 e. The molecule has 1 aromatic rings. The molecule has 1 atom stereocenters. The minimum atomic E-state index is -0.318.